The van der Waals surface area contributed by atoms with Crippen molar-refractivity contribution in [3.05, 3.63) is 35.6 Å². The molecule has 0 heterocycles. The smallest absolute Gasteiger partial charge is 0.699 e. The number of ketones is 1. The predicted molar refractivity (Wildman–Crippen MR) is 40.4 cm³/mol. The molecule has 1 radical (unpaired) electrons. The molecule has 2 nitrogen and oxygen atoms in total. The Labute approximate surface area is 76.0 Å². The van der Waals surface area contributed by atoms with Gasteiger partial charge in [-0.3, -0.25) is 4.79 Å². The minimum absolute atomic E-state index is 0. The molecule has 0 atom stereocenters. The van der Waals surface area contributed by atoms with Crippen molar-refractivity contribution in [3.63, 3.8) is 0 Å². The Hall–Kier alpha value is -0.804. The van der Waals surface area contributed by atoms with Gasteiger partial charge in [0.1, 0.15) is 0 Å². The Bertz CT molecular complexity index is 243. The molecule has 11 heavy (non-hydrogen) atoms. The third-order valence-electron chi connectivity index (χ3n) is 1.29. The molecule has 0 aliphatic heterocycles. The molecule has 0 spiro atoms. The summed E-state index contributed by atoms with van der Waals surface area (Å²) in [6.45, 7) is 1.51. The van der Waals surface area contributed by atoms with Gasteiger partial charge in [0.15, 0.2) is 5.78 Å². The van der Waals surface area contributed by atoms with E-state index in [1.807, 2.05) is 0 Å². The summed E-state index contributed by atoms with van der Waals surface area (Å²) in [7, 11) is 0. The maximum absolute atomic E-state index is 10.7. The second-order valence-electron chi connectivity index (χ2n) is 2.13. The van der Waals surface area contributed by atoms with Crippen molar-refractivity contribution >= 4 is 11.5 Å². The zero-order valence-corrected chi connectivity index (χ0v) is 7.09. The molecule has 1 aromatic rings. The Morgan fingerprint density at radius 1 is 1.27 bits per heavy atom. The summed E-state index contributed by atoms with van der Waals surface area (Å²) in [6.07, 6.45) is 0. The fourth-order valence-electron chi connectivity index (χ4n) is 0.705. The monoisotopic (exact) mass is 193 g/mol. The molecule has 0 aliphatic carbocycles. The van der Waals surface area contributed by atoms with Gasteiger partial charge in [-0.25, -0.2) is 0 Å². The molecule has 0 saturated carbocycles. The zero-order valence-electron chi connectivity index (χ0n) is 6.05. The van der Waals surface area contributed by atoms with Crippen LogP contribution in [-0.4, -0.2) is 5.78 Å². The van der Waals surface area contributed by atoms with E-state index in [1.54, 1.807) is 24.3 Å². The van der Waals surface area contributed by atoms with Crippen LogP contribution in [0.2, 0.25) is 0 Å². The molecule has 0 bridgehead atoms. The van der Waals surface area contributed by atoms with Gasteiger partial charge in [0.25, 0.3) is 0 Å². The summed E-state index contributed by atoms with van der Waals surface area (Å²) >= 11 is 0. The molecular weight excluding hydrogens is 185 g/mol. The number of rotatable bonds is 1. The van der Waals surface area contributed by atoms with Gasteiger partial charge >= 0.3 is 16.8 Å². The number of carbonyl (C=O) groups is 1. The van der Waals surface area contributed by atoms with Crippen LogP contribution in [0.5, 0.6) is 0 Å². The van der Waals surface area contributed by atoms with E-state index in [1.165, 1.54) is 6.92 Å². The van der Waals surface area contributed by atoms with Gasteiger partial charge in [-0.2, -0.15) is 0 Å². The second-order valence-corrected chi connectivity index (χ2v) is 2.13. The van der Waals surface area contributed by atoms with Crippen LogP contribution in [0.1, 0.15) is 17.3 Å². The zero-order chi connectivity index (χ0) is 7.56. The minimum atomic E-state index is 0. The van der Waals surface area contributed by atoms with Gasteiger partial charge in [-0.15, -0.1) is 5.69 Å². The molecule has 1 rings (SSSR count). The van der Waals surface area contributed by atoms with Crippen LogP contribution >= 0.6 is 0 Å². The molecule has 0 unspecified atom stereocenters. The fourth-order valence-corrected chi connectivity index (χ4v) is 0.705. The SMILES string of the molecule is CC(=O)c1ccc([NH-])cc1.[Co+2]. The van der Waals surface area contributed by atoms with Crippen LogP contribution in [0.3, 0.4) is 0 Å². The number of carbonyl (C=O) groups excluding carboxylic acids is 1. The molecule has 0 aliphatic rings. The van der Waals surface area contributed by atoms with Gasteiger partial charge < -0.3 is 5.73 Å². The first kappa shape index (κ1) is 10.2. The molecule has 59 valence electrons. The normalized spacial score (nSPS) is 8.45. The van der Waals surface area contributed by atoms with E-state index in [4.69, 9.17) is 5.73 Å². The molecule has 1 N–H and O–H groups in total. The summed E-state index contributed by atoms with van der Waals surface area (Å²) in [5.74, 6) is 0.0417. The summed E-state index contributed by atoms with van der Waals surface area (Å²) in [4.78, 5) is 10.7. The number of benzene rings is 1. The third-order valence-corrected chi connectivity index (χ3v) is 1.29. The minimum Gasteiger partial charge on any atom is -0.699 e. The first-order valence-electron chi connectivity index (χ1n) is 3.03. The standard InChI is InChI=1S/C8H9NO.Co/c1-6(10)7-2-4-8(9)5-3-7;/h2-5H,1H3,(H2,9,10);/q;+2/p-1. The number of nitrogens with one attached hydrogen (secondary N) is 1. The Kier molecular flexibility index (Phi) is 3.85. The van der Waals surface area contributed by atoms with Gasteiger partial charge in [0.2, 0.25) is 0 Å². The maximum Gasteiger partial charge on any atom is 2.00 e. The molecule has 0 fully saturated rings. The van der Waals surface area contributed by atoms with Crippen molar-refractivity contribution in [1.29, 1.82) is 0 Å². The van der Waals surface area contributed by atoms with E-state index in [9.17, 15) is 4.79 Å². The van der Waals surface area contributed by atoms with Crippen LogP contribution < -0.4 is 0 Å². The van der Waals surface area contributed by atoms with Gasteiger partial charge in [0, 0.05) is 5.56 Å². The summed E-state index contributed by atoms with van der Waals surface area (Å²) < 4.78 is 0. The quantitative estimate of drug-likeness (QED) is 0.632. The van der Waals surface area contributed by atoms with E-state index in [2.05, 4.69) is 0 Å². The Balaban J connectivity index is 0.000001000. The fraction of sp³-hybridized carbons (Fsp3) is 0.125. The van der Waals surface area contributed by atoms with E-state index < -0.39 is 0 Å². The maximum atomic E-state index is 10.7. The van der Waals surface area contributed by atoms with E-state index in [0.717, 1.165) is 0 Å². The first-order valence-corrected chi connectivity index (χ1v) is 3.03. The average Bonchev–Trinajstić information content (AvgIpc) is 1.88. The number of hydrogen-bond acceptors (Lipinski definition) is 1. The Morgan fingerprint density at radius 2 is 1.73 bits per heavy atom. The van der Waals surface area contributed by atoms with Crippen LogP contribution in [0.15, 0.2) is 24.3 Å². The van der Waals surface area contributed by atoms with Crippen molar-refractivity contribution in [2.45, 2.75) is 6.92 Å². The van der Waals surface area contributed by atoms with Crippen molar-refractivity contribution < 1.29 is 21.6 Å². The second kappa shape index (κ2) is 4.15. The van der Waals surface area contributed by atoms with Crippen LogP contribution in [0, 0.1) is 0 Å². The van der Waals surface area contributed by atoms with Gasteiger partial charge in [-0.1, -0.05) is 24.3 Å². The average molecular weight is 193 g/mol. The van der Waals surface area contributed by atoms with Crippen LogP contribution in [-0.2, 0) is 16.8 Å². The Morgan fingerprint density at radius 3 is 2.09 bits per heavy atom. The number of Topliss-reactive ketones (excluding diaryl/α,β-unsaturated/α-hetero) is 1. The van der Waals surface area contributed by atoms with E-state index in [-0.39, 0.29) is 22.6 Å². The summed E-state index contributed by atoms with van der Waals surface area (Å²) in [5, 5.41) is 0. The predicted octanol–water partition coefficient (Wildman–Crippen LogP) is 2.57. The van der Waals surface area contributed by atoms with Crippen molar-refractivity contribution in [2.24, 2.45) is 0 Å². The van der Waals surface area contributed by atoms with Crippen LogP contribution in [0.25, 0.3) is 5.73 Å². The topological polar surface area (TPSA) is 40.9 Å². The molecule has 1 aromatic carbocycles. The third kappa shape index (κ3) is 2.73. The molecule has 0 amide bonds. The largest absolute Gasteiger partial charge is 2.00 e. The van der Waals surface area contributed by atoms with Crippen molar-refractivity contribution in [3.8, 4) is 0 Å². The van der Waals surface area contributed by atoms with Crippen LogP contribution in [0.4, 0.5) is 5.69 Å². The summed E-state index contributed by atoms with van der Waals surface area (Å²) in [5.41, 5.74) is 8.22. The van der Waals surface area contributed by atoms with E-state index in [0.29, 0.717) is 11.3 Å². The van der Waals surface area contributed by atoms with Gasteiger partial charge in [-0.05, 0) is 6.92 Å². The molecule has 0 aromatic heterocycles. The molecule has 3 heteroatoms. The molecule has 0 saturated heterocycles. The first-order chi connectivity index (χ1) is 4.70. The number of hydrogen-bond donors (Lipinski definition) is 0. The van der Waals surface area contributed by atoms with Crippen molar-refractivity contribution in [1.82, 2.24) is 0 Å². The molecular formula is C8H8CoNO+. The van der Waals surface area contributed by atoms with Gasteiger partial charge in [0.05, 0.1) is 0 Å². The van der Waals surface area contributed by atoms with E-state index >= 15 is 0 Å². The van der Waals surface area contributed by atoms with Crippen molar-refractivity contribution in [2.75, 3.05) is 0 Å². The summed E-state index contributed by atoms with van der Waals surface area (Å²) in [6, 6.07) is 6.53.